The minimum Gasteiger partial charge on any atom is -0.349 e. The van der Waals surface area contributed by atoms with Gasteiger partial charge < -0.3 is 10.6 Å². The lowest BCUT2D eigenvalue weighted by atomic mass is 9.98. The number of rotatable bonds is 6. The van der Waals surface area contributed by atoms with Crippen LogP contribution in [-0.4, -0.2) is 48.4 Å². The lowest BCUT2D eigenvalue weighted by molar-refractivity contribution is -0.126. The zero-order valence-electron chi connectivity index (χ0n) is 17.1. The molecule has 2 aromatic rings. The fraction of sp³-hybridized carbons (Fsp3) is 0.348. The predicted molar refractivity (Wildman–Crippen MR) is 115 cm³/mol. The highest BCUT2D eigenvalue weighted by Gasteiger charge is 2.32. The van der Waals surface area contributed by atoms with Crippen molar-refractivity contribution in [1.29, 1.82) is 0 Å². The summed E-state index contributed by atoms with van der Waals surface area (Å²) < 4.78 is 0. The van der Waals surface area contributed by atoms with Gasteiger partial charge >= 0.3 is 6.03 Å². The third-order valence-corrected chi connectivity index (χ3v) is 5.20. The van der Waals surface area contributed by atoms with E-state index < -0.39 is 12.1 Å². The first-order valence-corrected chi connectivity index (χ1v) is 10.3. The monoisotopic (exact) mass is 408 g/mol. The molecule has 7 nitrogen and oxygen atoms in total. The van der Waals surface area contributed by atoms with E-state index in [1.165, 1.54) is 0 Å². The summed E-state index contributed by atoms with van der Waals surface area (Å²) in [7, 11) is 0. The molecule has 1 saturated heterocycles. The number of amides is 4. The van der Waals surface area contributed by atoms with E-state index in [4.69, 9.17) is 0 Å². The van der Waals surface area contributed by atoms with Gasteiger partial charge in [-0.3, -0.25) is 19.8 Å². The first-order valence-electron chi connectivity index (χ1n) is 10.3. The molecule has 1 heterocycles. The third kappa shape index (κ3) is 5.67. The van der Waals surface area contributed by atoms with Crippen LogP contribution in [0.5, 0.6) is 0 Å². The number of carbonyl (C=O) groups is 3. The Morgan fingerprint density at radius 1 is 0.967 bits per heavy atom. The summed E-state index contributed by atoms with van der Waals surface area (Å²) in [5.74, 6) is -0.429. The van der Waals surface area contributed by atoms with Crippen LogP contribution >= 0.6 is 0 Å². The Hall–Kier alpha value is -3.19. The minimum absolute atomic E-state index is 0.0526. The van der Waals surface area contributed by atoms with Crippen molar-refractivity contribution >= 4 is 17.8 Å². The van der Waals surface area contributed by atoms with E-state index in [0.29, 0.717) is 25.2 Å². The molecule has 0 radical (unpaired) electrons. The standard InChI is InChI=1S/C23H28N4O3/c1-2-24-23(30)26-22(29)20(17-9-5-3-6-10-17)27-15-13-19(14-16-27)25-21(28)18-11-7-4-8-12-18/h3-12,19-20H,2,13-16H2,1H3,(H,25,28)(H2,24,26,29,30)/t20-/m1/s1. The van der Waals surface area contributed by atoms with E-state index >= 15 is 0 Å². The van der Waals surface area contributed by atoms with E-state index in [2.05, 4.69) is 20.9 Å². The summed E-state index contributed by atoms with van der Waals surface area (Å²) in [6.45, 7) is 3.53. The minimum atomic E-state index is -0.556. The van der Waals surface area contributed by atoms with Gasteiger partial charge in [-0.25, -0.2) is 4.79 Å². The highest BCUT2D eigenvalue weighted by Crippen LogP contribution is 2.25. The zero-order chi connectivity index (χ0) is 21.3. The van der Waals surface area contributed by atoms with Crippen LogP contribution in [0.3, 0.4) is 0 Å². The van der Waals surface area contributed by atoms with Crippen molar-refractivity contribution < 1.29 is 14.4 Å². The molecule has 158 valence electrons. The van der Waals surface area contributed by atoms with Gasteiger partial charge in [-0.2, -0.15) is 0 Å². The number of benzene rings is 2. The maximum absolute atomic E-state index is 12.9. The molecule has 1 aliphatic heterocycles. The molecule has 30 heavy (non-hydrogen) atoms. The molecule has 7 heteroatoms. The normalized spacial score (nSPS) is 15.8. The molecule has 0 unspecified atom stereocenters. The van der Waals surface area contributed by atoms with Crippen molar-refractivity contribution in [3.8, 4) is 0 Å². The number of piperidine rings is 1. The van der Waals surface area contributed by atoms with Crippen LogP contribution in [0.15, 0.2) is 60.7 Å². The summed E-state index contributed by atoms with van der Waals surface area (Å²) in [6.07, 6.45) is 1.46. The van der Waals surface area contributed by atoms with Crippen LogP contribution in [-0.2, 0) is 4.79 Å². The van der Waals surface area contributed by atoms with Crippen LogP contribution in [0, 0.1) is 0 Å². The second-order valence-electron chi connectivity index (χ2n) is 7.31. The van der Waals surface area contributed by atoms with Crippen LogP contribution in [0.2, 0.25) is 0 Å². The average Bonchev–Trinajstić information content (AvgIpc) is 2.76. The number of hydrogen-bond donors (Lipinski definition) is 3. The summed E-state index contributed by atoms with van der Waals surface area (Å²) >= 11 is 0. The molecule has 0 aliphatic carbocycles. The number of nitrogens with one attached hydrogen (secondary N) is 3. The highest BCUT2D eigenvalue weighted by atomic mass is 16.2. The lowest BCUT2D eigenvalue weighted by Crippen LogP contribution is -2.50. The third-order valence-electron chi connectivity index (χ3n) is 5.20. The van der Waals surface area contributed by atoms with Crippen molar-refractivity contribution in [1.82, 2.24) is 20.9 Å². The van der Waals surface area contributed by atoms with Crippen LogP contribution in [0.25, 0.3) is 0 Å². The SMILES string of the molecule is CCNC(=O)NC(=O)[C@@H](c1ccccc1)N1CCC(NC(=O)c2ccccc2)CC1. The molecular weight excluding hydrogens is 380 g/mol. The van der Waals surface area contributed by atoms with Crippen molar-refractivity contribution in [3.05, 3.63) is 71.8 Å². The summed E-state index contributed by atoms with van der Waals surface area (Å²) in [6, 6.07) is 17.6. The Balaban J connectivity index is 1.64. The quantitative estimate of drug-likeness (QED) is 0.685. The number of imide groups is 1. The Bertz CT molecular complexity index is 849. The second-order valence-corrected chi connectivity index (χ2v) is 7.31. The van der Waals surface area contributed by atoms with Crippen molar-refractivity contribution in [2.24, 2.45) is 0 Å². The first kappa shape index (κ1) is 21.5. The molecule has 4 amide bonds. The van der Waals surface area contributed by atoms with Crippen LogP contribution < -0.4 is 16.0 Å². The summed E-state index contributed by atoms with van der Waals surface area (Å²) in [5.41, 5.74) is 1.48. The smallest absolute Gasteiger partial charge is 0.321 e. The van der Waals surface area contributed by atoms with Gasteiger partial charge in [0.25, 0.3) is 5.91 Å². The van der Waals surface area contributed by atoms with E-state index in [1.54, 1.807) is 19.1 Å². The number of likely N-dealkylation sites (tertiary alicyclic amines) is 1. The molecule has 3 N–H and O–H groups in total. The Morgan fingerprint density at radius 3 is 2.17 bits per heavy atom. The van der Waals surface area contributed by atoms with E-state index in [1.807, 2.05) is 48.5 Å². The molecule has 0 saturated carbocycles. The summed E-state index contributed by atoms with van der Waals surface area (Å²) in [4.78, 5) is 39.2. The van der Waals surface area contributed by atoms with Crippen molar-refractivity contribution in [2.45, 2.75) is 31.8 Å². The molecular formula is C23H28N4O3. The zero-order valence-corrected chi connectivity index (χ0v) is 17.1. The maximum Gasteiger partial charge on any atom is 0.321 e. The molecule has 1 aliphatic rings. The Morgan fingerprint density at radius 2 is 1.57 bits per heavy atom. The molecule has 0 aromatic heterocycles. The number of nitrogens with zero attached hydrogens (tertiary/aromatic N) is 1. The average molecular weight is 409 g/mol. The maximum atomic E-state index is 12.9. The summed E-state index contributed by atoms with van der Waals surface area (Å²) in [5, 5.41) is 8.12. The van der Waals surface area contributed by atoms with Crippen LogP contribution in [0.1, 0.15) is 41.7 Å². The number of hydrogen-bond acceptors (Lipinski definition) is 4. The molecule has 1 atom stereocenters. The van der Waals surface area contributed by atoms with Crippen molar-refractivity contribution in [2.75, 3.05) is 19.6 Å². The largest absolute Gasteiger partial charge is 0.349 e. The van der Waals surface area contributed by atoms with E-state index in [0.717, 1.165) is 18.4 Å². The van der Waals surface area contributed by atoms with E-state index in [9.17, 15) is 14.4 Å². The van der Waals surface area contributed by atoms with Gasteiger partial charge in [0.15, 0.2) is 0 Å². The topological polar surface area (TPSA) is 90.5 Å². The van der Waals surface area contributed by atoms with Crippen LogP contribution in [0.4, 0.5) is 4.79 Å². The second kappa shape index (κ2) is 10.5. The highest BCUT2D eigenvalue weighted by molar-refractivity contribution is 5.97. The van der Waals surface area contributed by atoms with Gasteiger partial charge in [0.1, 0.15) is 6.04 Å². The molecule has 0 bridgehead atoms. The Labute approximate surface area is 176 Å². The molecule has 3 rings (SSSR count). The van der Waals surface area contributed by atoms with E-state index in [-0.39, 0.29) is 17.9 Å². The molecule has 2 aromatic carbocycles. The lowest BCUT2D eigenvalue weighted by Gasteiger charge is -2.37. The van der Waals surface area contributed by atoms with Gasteiger partial charge in [-0.15, -0.1) is 0 Å². The van der Waals surface area contributed by atoms with Gasteiger partial charge in [0.05, 0.1) is 0 Å². The van der Waals surface area contributed by atoms with Gasteiger partial charge in [0.2, 0.25) is 5.91 Å². The first-order chi connectivity index (χ1) is 14.6. The fourth-order valence-electron chi connectivity index (χ4n) is 3.71. The predicted octanol–water partition coefficient (Wildman–Crippen LogP) is 2.47. The van der Waals surface area contributed by atoms with Crippen molar-refractivity contribution in [3.63, 3.8) is 0 Å². The Kier molecular flexibility index (Phi) is 7.57. The van der Waals surface area contributed by atoms with Gasteiger partial charge in [0, 0.05) is 31.2 Å². The fourth-order valence-corrected chi connectivity index (χ4v) is 3.71. The van der Waals surface area contributed by atoms with Gasteiger partial charge in [-0.05, 0) is 37.5 Å². The molecule has 1 fully saturated rings. The number of carbonyl (C=O) groups excluding carboxylic acids is 3. The molecule has 0 spiro atoms. The van der Waals surface area contributed by atoms with Gasteiger partial charge in [-0.1, -0.05) is 48.5 Å². The number of urea groups is 1.